The Kier molecular flexibility index (Phi) is 5.11. The lowest BCUT2D eigenvalue weighted by Gasteiger charge is -2.18. The number of nitrogens with zero attached hydrogens (tertiary/aromatic N) is 2. The lowest BCUT2D eigenvalue weighted by molar-refractivity contribution is 0.0697. The third-order valence-corrected chi connectivity index (χ3v) is 3.63. The SMILES string of the molecule is CCN(CC)CCNc1nccc2cc(C(=O)O)ccc12. The minimum Gasteiger partial charge on any atom is -0.478 e. The summed E-state index contributed by atoms with van der Waals surface area (Å²) in [6, 6.07) is 6.93. The van der Waals surface area contributed by atoms with Crippen molar-refractivity contribution >= 4 is 22.6 Å². The number of pyridine rings is 1. The van der Waals surface area contributed by atoms with E-state index < -0.39 is 5.97 Å². The van der Waals surface area contributed by atoms with Gasteiger partial charge in [-0.25, -0.2) is 9.78 Å². The number of anilines is 1. The molecule has 2 N–H and O–H groups in total. The smallest absolute Gasteiger partial charge is 0.335 e. The van der Waals surface area contributed by atoms with Crippen LogP contribution in [0.3, 0.4) is 0 Å². The molecule has 21 heavy (non-hydrogen) atoms. The van der Waals surface area contributed by atoms with Gasteiger partial charge in [0.15, 0.2) is 0 Å². The Balaban J connectivity index is 2.15. The summed E-state index contributed by atoms with van der Waals surface area (Å²) in [5, 5.41) is 14.2. The van der Waals surface area contributed by atoms with E-state index in [0.29, 0.717) is 5.56 Å². The molecular weight excluding hydrogens is 266 g/mol. The number of aromatic carboxylic acids is 1. The highest BCUT2D eigenvalue weighted by Crippen LogP contribution is 2.22. The van der Waals surface area contributed by atoms with Crippen LogP contribution in [-0.4, -0.2) is 47.1 Å². The van der Waals surface area contributed by atoms with Crippen molar-refractivity contribution in [2.45, 2.75) is 13.8 Å². The molecule has 0 saturated heterocycles. The highest BCUT2D eigenvalue weighted by atomic mass is 16.4. The first-order valence-electron chi connectivity index (χ1n) is 7.24. The fourth-order valence-electron chi connectivity index (χ4n) is 2.32. The molecule has 0 aliphatic rings. The lowest BCUT2D eigenvalue weighted by atomic mass is 10.1. The van der Waals surface area contributed by atoms with Crippen LogP contribution in [0.2, 0.25) is 0 Å². The summed E-state index contributed by atoms with van der Waals surface area (Å²) >= 11 is 0. The first-order valence-corrected chi connectivity index (χ1v) is 7.24. The first kappa shape index (κ1) is 15.3. The number of carboxylic acid groups (broad SMARTS) is 1. The van der Waals surface area contributed by atoms with E-state index in [1.54, 1.807) is 18.3 Å². The molecule has 112 valence electrons. The molecule has 1 aromatic carbocycles. The molecule has 0 atom stereocenters. The predicted molar refractivity (Wildman–Crippen MR) is 85.0 cm³/mol. The molecule has 0 fully saturated rings. The number of aromatic nitrogens is 1. The lowest BCUT2D eigenvalue weighted by Crippen LogP contribution is -2.28. The molecule has 5 nitrogen and oxygen atoms in total. The third-order valence-electron chi connectivity index (χ3n) is 3.63. The standard InChI is InChI=1S/C16H21N3O2/c1-3-19(4-2)10-9-18-15-14-6-5-13(16(20)21)11-12(14)7-8-17-15/h5-8,11H,3-4,9-10H2,1-2H3,(H,17,18)(H,20,21). The number of hydrogen-bond donors (Lipinski definition) is 2. The van der Waals surface area contributed by atoms with E-state index >= 15 is 0 Å². The maximum absolute atomic E-state index is 11.0. The van der Waals surface area contributed by atoms with Crippen molar-refractivity contribution in [3.63, 3.8) is 0 Å². The number of benzene rings is 1. The summed E-state index contributed by atoms with van der Waals surface area (Å²) in [4.78, 5) is 17.7. The molecule has 1 heterocycles. The molecule has 0 bridgehead atoms. The number of nitrogens with one attached hydrogen (secondary N) is 1. The van der Waals surface area contributed by atoms with Crippen LogP contribution in [0.25, 0.3) is 10.8 Å². The van der Waals surface area contributed by atoms with Gasteiger partial charge in [-0.3, -0.25) is 0 Å². The highest BCUT2D eigenvalue weighted by molar-refractivity contribution is 5.98. The Morgan fingerprint density at radius 2 is 2.05 bits per heavy atom. The normalized spacial score (nSPS) is 11.0. The van der Waals surface area contributed by atoms with Crippen LogP contribution >= 0.6 is 0 Å². The van der Waals surface area contributed by atoms with Crippen LogP contribution in [0, 0.1) is 0 Å². The quantitative estimate of drug-likeness (QED) is 0.819. The minimum atomic E-state index is -0.912. The average Bonchev–Trinajstić information content (AvgIpc) is 2.51. The van der Waals surface area contributed by atoms with Crippen LogP contribution < -0.4 is 5.32 Å². The van der Waals surface area contributed by atoms with E-state index in [9.17, 15) is 4.79 Å². The van der Waals surface area contributed by atoms with Crippen molar-refractivity contribution in [2.24, 2.45) is 0 Å². The van der Waals surface area contributed by atoms with Crippen LogP contribution in [0.4, 0.5) is 5.82 Å². The Hall–Kier alpha value is -2.14. The molecular formula is C16H21N3O2. The molecule has 1 aromatic heterocycles. The van der Waals surface area contributed by atoms with Gasteiger partial charge < -0.3 is 15.3 Å². The van der Waals surface area contributed by atoms with Crippen molar-refractivity contribution in [1.82, 2.24) is 9.88 Å². The number of fused-ring (bicyclic) bond motifs is 1. The fraction of sp³-hybridized carbons (Fsp3) is 0.375. The number of carbonyl (C=O) groups is 1. The van der Waals surface area contributed by atoms with Crippen LogP contribution in [0.1, 0.15) is 24.2 Å². The van der Waals surface area contributed by atoms with Gasteiger partial charge in [0, 0.05) is 24.7 Å². The molecule has 2 aromatic rings. The van der Waals surface area contributed by atoms with Crippen molar-refractivity contribution < 1.29 is 9.90 Å². The zero-order chi connectivity index (χ0) is 15.2. The summed E-state index contributed by atoms with van der Waals surface area (Å²) in [6.45, 7) is 8.12. The van der Waals surface area contributed by atoms with Gasteiger partial charge in [-0.05, 0) is 42.7 Å². The molecule has 0 radical (unpaired) electrons. The molecule has 5 heteroatoms. The minimum absolute atomic E-state index is 0.294. The molecule has 0 spiro atoms. The second kappa shape index (κ2) is 7.04. The Bertz CT molecular complexity index is 624. The van der Waals surface area contributed by atoms with E-state index in [2.05, 4.69) is 29.0 Å². The largest absolute Gasteiger partial charge is 0.478 e. The molecule has 0 unspecified atom stereocenters. The number of likely N-dealkylation sites (N-methyl/N-ethyl adjacent to an activating group) is 1. The van der Waals surface area contributed by atoms with Gasteiger partial charge >= 0.3 is 5.97 Å². The average molecular weight is 287 g/mol. The van der Waals surface area contributed by atoms with E-state index in [4.69, 9.17) is 5.11 Å². The zero-order valence-corrected chi connectivity index (χ0v) is 12.5. The van der Waals surface area contributed by atoms with Crippen LogP contribution in [0.15, 0.2) is 30.5 Å². The Morgan fingerprint density at radius 3 is 2.71 bits per heavy atom. The van der Waals surface area contributed by atoms with E-state index in [1.807, 2.05) is 12.1 Å². The first-order chi connectivity index (χ1) is 10.2. The van der Waals surface area contributed by atoms with Crippen molar-refractivity contribution in [2.75, 3.05) is 31.5 Å². The van der Waals surface area contributed by atoms with Gasteiger partial charge in [-0.2, -0.15) is 0 Å². The van der Waals surface area contributed by atoms with Gasteiger partial charge in [-0.1, -0.05) is 13.8 Å². The molecule has 0 saturated carbocycles. The monoisotopic (exact) mass is 287 g/mol. The third kappa shape index (κ3) is 3.70. The van der Waals surface area contributed by atoms with Crippen LogP contribution in [0.5, 0.6) is 0 Å². The summed E-state index contributed by atoms with van der Waals surface area (Å²) in [5.74, 6) is -0.110. The van der Waals surface area contributed by atoms with Gasteiger partial charge in [-0.15, -0.1) is 0 Å². The summed E-state index contributed by atoms with van der Waals surface area (Å²) in [5.41, 5.74) is 0.294. The second-order valence-electron chi connectivity index (χ2n) is 4.85. The van der Waals surface area contributed by atoms with Gasteiger partial charge in [0.25, 0.3) is 0 Å². The number of carboxylic acids is 1. The van der Waals surface area contributed by atoms with Crippen LogP contribution in [-0.2, 0) is 0 Å². The van der Waals surface area contributed by atoms with Crippen molar-refractivity contribution in [1.29, 1.82) is 0 Å². The number of hydrogen-bond acceptors (Lipinski definition) is 4. The van der Waals surface area contributed by atoms with Gasteiger partial charge in [0.05, 0.1) is 5.56 Å². The Morgan fingerprint density at radius 1 is 1.29 bits per heavy atom. The molecule has 0 aliphatic heterocycles. The topological polar surface area (TPSA) is 65.5 Å². The molecule has 2 rings (SSSR count). The van der Waals surface area contributed by atoms with Crippen molar-refractivity contribution in [3.8, 4) is 0 Å². The summed E-state index contributed by atoms with van der Waals surface area (Å²) in [7, 11) is 0. The summed E-state index contributed by atoms with van der Waals surface area (Å²) < 4.78 is 0. The fourth-order valence-corrected chi connectivity index (χ4v) is 2.32. The molecule has 0 amide bonds. The number of rotatable bonds is 7. The van der Waals surface area contributed by atoms with Gasteiger partial charge in [0.2, 0.25) is 0 Å². The maximum atomic E-state index is 11.0. The Labute approximate surface area is 124 Å². The van der Waals surface area contributed by atoms with E-state index in [-0.39, 0.29) is 0 Å². The predicted octanol–water partition coefficient (Wildman–Crippen LogP) is 2.69. The summed E-state index contributed by atoms with van der Waals surface area (Å²) in [6.07, 6.45) is 1.70. The van der Waals surface area contributed by atoms with E-state index in [1.165, 1.54) is 0 Å². The zero-order valence-electron chi connectivity index (χ0n) is 12.5. The van der Waals surface area contributed by atoms with Crippen molar-refractivity contribution in [3.05, 3.63) is 36.0 Å². The van der Waals surface area contributed by atoms with Gasteiger partial charge in [0.1, 0.15) is 5.82 Å². The maximum Gasteiger partial charge on any atom is 0.335 e. The molecule has 0 aliphatic carbocycles. The highest BCUT2D eigenvalue weighted by Gasteiger charge is 2.07. The van der Waals surface area contributed by atoms with E-state index in [0.717, 1.165) is 42.8 Å². The second-order valence-corrected chi connectivity index (χ2v) is 4.85.